The molecule has 0 unspecified atom stereocenters. The molecule has 4 heteroatoms. The Kier molecular flexibility index (Phi) is 2.31. The van der Waals surface area contributed by atoms with Crippen LogP contribution in [-0.4, -0.2) is 27.5 Å². The normalized spacial score (nSPS) is 22.4. The second-order valence-corrected chi connectivity index (χ2v) is 4.47. The molecule has 1 rings (SSSR count). The van der Waals surface area contributed by atoms with Crippen molar-refractivity contribution in [3.8, 4) is 0 Å². The molecule has 0 spiro atoms. The number of amidine groups is 1. The average Bonchev–Trinajstić information content (AvgIpc) is 2.04. The number of rotatable bonds is 1. The van der Waals surface area contributed by atoms with Crippen LogP contribution in [0.1, 0.15) is 20.8 Å². The monoisotopic (exact) mass is 323 g/mol. The molecule has 62 valence electrons. The summed E-state index contributed by atoms with van der Waals surface area (Å²) in [6.07, 6.45) is 0. The number of nitrogens with zero attached hydrogens (tertiary/aromatic N) is 2. The van der Waals surface area contributed by atoms with Crippen LogP contribution >= 0.6 is 0 Å². The first-order valence-electron chi connectivity index (χ1n) is 3.57. The van der Waals surface area contributed by atoms with Gasteiger partial charge in [-0.1, -0.05) is 0 Å². The molecule has 0 aliphatic carbocycles. The summed E-state index contributed by atoms with van der Waals surface area (Å²) in [7, 11) is 1.92. The summed E-state index contributed by atoms with van der Waals surface area (Å²) in [6, 6.07) is 0. The Morgan fingerprint density at radius 3 is 2.27 bits per heavy atom. The molecule has 0 saturated carbocycles. The summed E-state index contributed by atoms with van der Waals surface area (Å²) < 4.78 is 1.33. The second-order valence-electron chi connectivity index (χ2n) is 3.08. The molecule has 11 heavy (non-hydrogen) atoms. The number of hydrazine groups is 1. The molecule has 1 heterocycles. The van der Waals surface area contributed by atoms with E-state index in [1.54, 1.807) is 0 Å². The first kappa shape index (κ1) is 9.08. The minimum atomic E-state index is 0.00241. The zero-order valence-electron chi connectivity index (χ0n) is 7.30. The van der Waals surface area contributed by atoms with Crippen LogP contribution in [0.3, 0.4) is 0 Å². The van der Waals surface area contributed by atoms with Crippen LogP contribution < -0.4 is 5.43 Å². The average molecular weight is 323 g/mol. The Hall–Kier alpha value is -0.0117. The molecule has 0 bridgehead atoms. The van der Waals surface area contributed by atoms with E-state index in [9.17, 15) is 0 Å². The standard InChI is InChI=1S/C7H13N3.W/c1-6-9-7(2,3)5-10(6)8-4;/h8H,1-4H3;. The number of hydrogen-bond donors (Lipinski definition) is 1. The van der Waals surface area contributed by atoms with Gasteiger partial charge in [0.25, 0.3) is 0 Å². The van der Waals surface area contributed by atoms with Gasteiger partial charge in [0.05, 0.1) is 0 Å². The fourth-order valence-corrected chi connectivity index (χ4v) is 2.15. The quantitative estimate of drug-likeness (QED) is 0.752. The topological polar surface area (TPSA) is 27.6 Å². The van der Waals surface area contributed by atoms with Crippen LogP contribution in [-0.2, 0) is 19.4 Å². The maximum atomic E-state index is 4.52. The predicted molar refractivity (Wildman–Crippen MR) is 43.1 cm³/mol. The van der Waals surface area contributed by atoms with Crippen molar-refractivity contribution in [2.75, 3.05) is 7.05 Å². The molecule has 0 saturated heterocycles. The van der Waals surface area contributed by atoms with Gasteiger partial charge in [0, 0.05) is 0 Å². The zero-order chi connectivity index (χ0) is 8.65. The third-order valence-electron chi connectivity index (χ3n) is 1.71. The van der Waals surface area contributed by atoms with Gasteiger partial charge in [-0.25, -0.2) is 0 Å². The minimum absolute atomic E-state index is 0.00241. The van der Waals surface area contributed by atoms with Gasteiger partial charge in [0.15, 0.2) is 0 Å². The van der Waals surface area contributed by atoms with E-state index in [1.165, 1.54) is 23.4 Å². The van der Waals surface area contributed by atoms with Crippen LogP contribution in [0.5, 0.6) is 0 Å². The maximum absolute atomic E-state index is 4.52. The molecule has 1 aliphatic rings. The van der Waals surface area contributed by atoms with E-state index >= 15 is 0 Å². The number of nitrogens with one attached hydrogen (secondary N) is 1. The van der Waals surface area contributed by atoms with Crippen molar-refractivity contribution in [3.63, 3.8) is 0 Å². The zero-order valence-corrected chi connectivity index (χ0v) is 10.2. The van der Waals surface area contributed by atoms with E-state index in [1.807, 2.05) is 14.0 Å². The van der Waals surface area contributed by atoms with Gasteiger partial charge in [-0.2, -0.15) is 0 Å². The molecule has 3 nitrogen and oxygen atoms in total. The molecular weight excluding hydrogens is 310 g/mol. The van der Waals surface area contributed by atoms with Gasteiger partial charge < -0.3 is 0 Å². The second kappa shape index (κ2) is 2.80. The first-order valence-corrected chi connectivity index (χ1v) is 5.04. The first-order chi connectivity index (χ1) is 4.99. The SMILES string of the molecule is CNN1[C](=[W])C(C)(C)N=C1C. The summed E-state index contributed by atoms with van der Waals surface area (Å²) in [6.45, 7) is 6.29. The van der Waals surface area contributed by atoms with Crippen LogP contribution in [0.15, 0.2) is 4.99 Å². The van der Waals surface area contributed by atoms with E-state index in [-0.39, 0.29) is 5.54 Å². The van der Waals surface area contributed by atoms with Gasteiger partial charge >= 0.3 is 78.0 Å². The molecule has 0 amide bonds. The van der Waals surface area contributed by atoms with Crippen molar-refractivity contribution in [1.82, 2.24) is 10.4 Å². The summed E-state index contributed by atoms with van der Waals surface area (Å²) in [4.78, 5) is 4.52. The molecule has 1 aliphatic heterocycles. The van der Waals surface area contributed by atoms with E-state index < -0.39 is 0 Å². The molecule has 1 N–H and O–H groups in total. The Balaban J connectivity index is 2.93. The van der Waals surface area contributed by atoms with Gasteiger partial charge in [-0.15, -0.1) is 0 Å². The van der Waals surface area contributed by atoms with Gasteiger partial charge in [-0.3, -0.25) is 0 Å². The Morgan fingerprint density at radius 2 is 2.09 bits per heavy atom. The predicted octanol–water partition coefficient (Wildman–Crippen LogP) is 0.310. The number of hydrogen-bond acceptors (Lipinski definition) is 3. The summed E-state index contributed by atoms with van der Waals surface area (Å²) in [5, 5.41) is 2.05. The van der Waals surface area contributed by atoms with Gasteiger partial charge in [0.1, 0.15) is 0 Å². The third kappa shape index (κ3) is 1.45. The van der Waals surface area contributed by atoms with Gasteiger partial charge in [-0.05, 0) is 0 Å². The van der Waals surface area contributed by atoms with E-state index in [0.717, 1.165) is 5.84 Å². The van der Waals surface area contributed by atoms with Crippen LogP contribution in [0.2, 0.25) is 0 Å². The van der Waals surface area contributed by atoms with E-state index in [4.69, 9.17) is 0 Å². The molecule has 0 aromatic carbocycles. The fourth-order valence-electron chi connectivity index (χ4n) is 1.19. The summed E-state index contributed by atoms with van der Waals surface area (Å²) in [5.41, 5.74) is 3.11. The van der Waals surface area contributed by atoms with Crippen molar-refractivity contribution in [2.24, 2.45) is 4.99 Å². The van der Waals surface area contributed by atoms with Crippen molar-refractivity contribution in [3.05, 3.63) is 0 Å². The molecule has 0 fully saturated rings. The molecular formula is C7H13N3W. The fraction of sp³-hybridized carbons (Fsp3) is 0.714. The molecule has 0 aromatic rings. The van der Waals surface area contributed by atoms with Crippen LogP contribution in [0, 0.1) is 0 Å². The molecule has 0 radical (unpaired) electrons. The Bertz CT molecular complexity index is 220. The summed E-state index contributed by atoms with van der Waals surface area (Å²) in [5.74, 6) is 1.06. The molecule has 0 aromatic heterocycles. The van der Waals surface area contributed by atoms with Crippen molar-refractivity contribution >= 4 is 9.86 Å². The third-order valence-corrected chi connectivity index (χ3v) is 4.17. The number of aliphatic imine (C=N–C) groups is 1. The van der Waals surface area contributed by atoms with Gasteiger partial charge in [0.2, 0.25) is 0 Å². The molecule has 0 atom stereocenters. The Morgan fingerprint density at radius 1 is 1.55 bits per heavy atom. The van der Waals surface area contributed by atoms with Crippen molar-refractivity contribution in [2.45, 2.75) is 26.3 Å². The van der Waals surface area contributed by atoms with E-state index in [0.29, 0.717) is 0 Å². The van der Waals surface area contributed by atoms with Crippen LogP contribution in [0.4, 0.5) is 0 Å². The Labute approximate surface area is 78.3 Å². The summed E-state index contributed by atoms with van der Waals surface area (Å²) >= 11 is 1.47. The van der Waals surface area contributed by atoms with Crippen molar-refractivity contribution < 1.29 is 19.4 Å². The van der Waals surface area contributed by atoms with E-state index in [2.05, 4.69) is 29.3 Å². The van der Waals surface area contributed by atoms with Crippen LogP contribution in [0.25, 0.3) is 0 Å². The van der Waals surface area contributed by atoms with Crippen molar-refractivity contribution in [1.29, 1.82) is 0 Å².